The van der Waals surface area contributed by atoms with E-state index in [0.29, 0.717) is 6.04 Å². The Morgan fingerprint density at radius 1 is 1.10 bits per heavy atom. The van der Waals surface area contributed by atoms with Crippen LogP contribution in [-0.2, 0) is 4.79 Å². The highest BCUT2D eigenvalue weighted by molar-refractivity contribution is 5.88. The van der Waals surface area contributed by atoms with Crippen LogP contribution >= 0.6 is 0 Å². The summed E-state index contributed by atoms with van der Waals surface area (Å²) in [6.07, 6.45) is 5.28. The van der Waals surface area contributed by atoms with Crippen LogP contribution in [0, 0.1) is 11.8 Å². The van der Waals surface area contributed by atoms with Crippen LogP contribution in [0.25, 0.3) is 0 Å². The van der Waals surface area contributed by atoms with E-state index in [4.69, 9.17) is 0 Å². The molecule has 0 saturated heterocycles. The Balaban J connectivity index is 1.99. The molecular weight excluding hydrogens is 248 g/mol. The molecule has 2 rings (SSSR count). The molecule has 1 saturated carbocycles. The van der Waals surface area contributed by atoms with Gasteiger partial charge < -0.3 is 10.6 Å². The minimum Gasteiger partial charge on any atom is -0.382 e. The van der Waals surface area contributed by atoms with E-state index in [0.717, 1.165) is 23.2 Å². The molecule has 0 heterocycles. The second kappa shape index (κ2) is 6.78. The molecule has 0 aliphatic heterocycles. The molecule has 3 nitrogen and oxygen atoms in total. The number of anilines is 2. The van der Waals surface area contributed by atoms with Crippen LogP contribution in [0.15, 0.2) is 24.3 Å². The van der Waals surface area contributed by atoms with Crippen molar-refractivity contribution in [2.24, 2.45) is 11.8 Å². The van der Waals surface area contributed by atoms with E-state index in [1.165, 1.54) is 32.6 Å². The summed E-state index contributed by atoms with van der Waals surface area (Å²) in [5.74, 6) is 1.46. The number of carbonyl (C=O) groups excluding carboxylic acids is 1. The van der Waals surface area contributed by atoms with Gasteiger partial charge in [0.15, 0.2) is 0 Å². The smallest absolute Gasteiger partial charge is 0.221 e. The Kier molecular flexibility index (Phi) is 5.05. The van der Waals surface area contributed by atoms with Crippen molar-refractivity contribution in [3.05, 3.63) is 24.3 Å². The summed E-state index contributed by atoms with van der Waals surface area (Å²) in [5, 5.41) is 6.48. The molecule has 0 radical (unpaired) electrons. The van der Waals surface area contributed by atoms with Crippen molar-refractivity contribution >= 4 is 17.3 Å². The van der Waals surface area contributed by atoms with Crippen molar-refractivity contribution in [2.45, 2.75) is 52.5 Å². The molecule has 110 valence electrons. The molecule has 2 N–H and O–H groups in total. The van der Waals surface area contributed by atoms with Crippen LogP contribution in [0.4, 0.5) is 11.4 Å². The van der Waals surface area contributed by atoms with Crippen molar-refractivity contribution in [3.63, 3.8) is 0 Å². The zero-order chi connectivity index (χ0) is 14.5. The summed E-state index contributed by atoms with van der Waals surface area (Å²) < 4.78 is 0. The fourth-order valence-corrected chi connectivity index (χ4v) is 3.20. The van der Waals surface area contributed by atoms with Gasteiger partial charge >= 0.3 is 0 Å². The predicted molar refractivity (Wildman–Crippen MR) is 85.0 cm³/mol. The lowest BCUT2D eigenvalue weighted by atomic mass is 9.78. The minimum absolute atomic E-state index is 0.0298. The van der Waals surface area contributed by atoms with E-state index in [1.54, 1.807) is 0 Å². The average molecular weight is 274 g/mol. The van der Waals surface area contributed by atoms with Crippen molar-refractivity contribution in [3.8, 4) is 0 Å². The number of carbonyl (C=O) groups is 1. The molecule has 20 heavy (non-hydrogen) atoms. The summed E-state index contributed by atoms with van der Waals surface area (Å²) in [6, 6.07) is 8.60. The summed E-state index contributed by atoms with van der Waals surface area (Å²) in [7, 11) is 0. The van der Waals surface area contributed by atoms with E-state index in [2.05, 4.69) is 36.6 Å². The molecule has 2 unspecified atom stereocenters. The third-order valence-corrected chi connectivity index (χ3v) is 4.23. The lowest BCUT2D eigenvalue weighted by molar-refractivity contribution is -0.114. The van der Waals surface area contributed by atoms with E-state index < -0.39 is 0 Å². The fourth-order valence-electron chi connectivity index (χ4n) is 3.20. The number of rotatable bonds is 4. The maximum absolute atomic E-state index is 11.0. The van der Waals surface area contributed by atoms with Crippen LogP contribution in [0.3, 0.4) is 0 Å². The largest absolute Gasteiger partial charge is 0.382 e. The van der Waals surface area contributed by atoms with E-state index in [9.17, 15) is 4.79 Å². The molecule has 1 aliphatic rings. The molecule has 0 aromatic heterocycles. The van der Waals surface area contributed by atoms with E-state index >= 15 is 0 Å². The number of nitrogens with one attached hydrogen (secondary N) is 2. The first kappa shape index (κ1) is 14.9. The molecule has 0 bridgehead atoms. The predicted octanol–water partition coefficient (Wildman–Crippen LogP) is 4.27. The van der Waals surface area contributed by atoms with Crippen LogP contribution in [0.2, 0.25) is 0 Å². The van der Waals surface area contributed by atoms with Gasteiger partial charge in [-0.2, -0.15) is 0 Å². The number of amides is 1. The first-order valence-corrected chi connectivity index (χ1v) is 7.70. The topological polar surface area (TPSA) is 41.1 Å². The number of hydrogen-bond acceptors (Lipinski definition) is 2. The lowest BCUT2D eigenvalue weighted by Gasteiger charge is -2.35. The Labute approximate surface area is 122 Å². The maximum atomic E-state index is 11.0. The van der Waals surface area contributed by atoms with Crippen molar-refractivity contribution in [1.29, 1.82) is 0 Å². The first-order chi connectivity index (χ1) is 9.56. The number of hydrogen-bond donors (Lipinski definition) is 2. The van der Waals surface area contributed by atoms with Crippen LogP contribution in [0.1, 0.15) is 46.5 Å². The summed E-state index contributed by atoms with van der Waals surface area (Å²) in [6.45, 7) is 6.18. The molecule has 1 aliphatic carbocycles. The second-order valence-corrected chi connectivity index (χ2v) is 6.20. The maximum Gasteiger partial charge on any atom is 0.221 e. The second-order valence-electron chi connectivity index (χ2n) is 6.20. The van der Waals surface area contributed by atoms with Crippen LogP contribution in [-0.4, -0.2) is 11.9 Å². The van der Waals surface area contributed by atoms with Crippen molar-refractivity contribution < 1.29 is 4.79 Å². The van der Waals surface area contributed by atoms with Gasteiger partial charge in [-0.15, -0.1) is 0 Å². The van der Waals surface area contributed by atoms with Gasteiger partial charge in [-0.3, -0.25) is 4.79 Å². The summed E-state index contributed by atoms with van der Waals surface area (Å²) >= 11 is 0. The highest BCUT2D eigenvalue weighted by atomic mass is 16.1. The standard InChI is InChI=1S/C17H26N2O/c1-12(2)16-6-4-5-7-17(16)19-15-10-8-14(9-11-15)18-13(3)20/h8-12,16-17,19H,4-7H2,1-3H3,(H,18,20). The summed E-state index contributed by atoms with van der Waals surface area (Å²) in [5.41, 5.74) is 2.00. The molecular formula is C17H26N2O. The van der Waals surface area contributed by atoms with Crippen LogP contribution < -0.4 is 10.6 Å². The number of benzene rings is 1. The molecule has 1 aromatic rings. The highest BCUT2D eigenvalue weighted by Gasteiger charge is 2.27. The van der Waals surface area contributed by atoms with Gasteiger partial charge in [0.2, 0.25) is 5.91 Å². The third kappa shape index (κ3) is 3.99. The monoisotopic (exact) mass is 274 g/mol. The van der Waals surface area contributed by atoms with E-state index in [1.807, 2.05) is 12.1 Å². The average Bonchev–Trinajstić information content (AvgIpc) is 2.41. The SMILES string of the molecule is CC(=O)Nc1ccc(NC2CCCCC2C(C)C)cc1. The van der Waals surface area contributed by atoms with Gasteiger partial charge in [0.25, 0.3) is 0 Å². The van der Waals surface area contributed by atoms with Gasteiger partial charge in [-0.1, -0.05) is 26.7 Å². The molecule has 1 fully saturated rings. The molecule has 1 aromatic carbocycles. The molecule has 2 atom stereocenters. The Morgan fingerprint density at radius 3 is 2.30 bits per heavy atom. The zero-order valence-electron chi connectivity index (χ0n) is 12.8. The van der Waals surface area contributed by atoms with E-state index in [-0.39, 0.29) is 5.91 Å². The zero-order valence-corrected chi connectivity index (χ0v) is 12.8. The fraction of sp³-hybridized carbons (Fsp3) is 0.588. The lowest BCUT2D eigenvalue weighted by Crippen LogP contribution is -2.35. The van der Waals surface area contributed by atoms with Gasteiger partial charge in [0.1, 0.15) is 0 Å². The van der Waals surface area contributed by atoms with Gasteiger partial charge in [-0.25, -0.2) is 0 Å². The van der Waals surface area contributed by atoms with Gasteiger partial charge in [-0.05, 0) is 48.9 Å². The van der Waals surface area contributed by atoms with Gasteiger partial charge in [0, 0.05) is 24.3 Å². The molecule has 0 spiro atoms. The third-order valence-electron chi connectivity index (χ3n) is 4.23. The molecule has 3 heteroatoms. The highest BCUT2D eigenvalue weighted by Crippen LogP contribution is 2.32. The quantitative estimate of drug-likeness (QED) is 0.860. The van der Waals surface area contributed by atoms with Crippen LogP contribution in [0.5, 0.6) is 0 Å². The summed E-state index contributed by atoms with van der Waals surface area (Å²) in [4.78, 5) is 11.0. The first-order valence-electron chi connectivity index (χ1n) is 7.70. The Bertz CT molecular complexity index is 439. The minimum atomic E-state index is -0.0298. The molecule has 1 amide bonds. The normalized spacial score (nSPS) is 22.6. The van der Waals surface area contributed by atoms with Crippen molar-refractivity contribution in [2.75, 3.05) is 10.6 Å². The van der Waals surface area contributed by atoms with Gasteiger partial charge in [0.05, 0.1) is 0 Å². The Morgan fingerprint density at radius 2 is 1.70 bits per heavy atom. The van der Waals surface area contributed by atoms with Crippen molar-refractivity contribution in [1.82, 2.24) is 0 Å². The Hall–Kier alpha value is -1.51.